The van der Waals surface area contributed by atoms with Crippen molar-refractivity contribution in [1.82, 2.24) is 15.1 Å². The van der Waals surface area contributed by atoms with E-state index in [1.54, 1.807) is 12.3 Å². The molecule has 1 aliphatic rings. The van der Waals surface area contributed by atoms with Crippen LogP contribution in [-0.4, -0.2) is 40.4 Å². The summed E-state index contributed by atoms with van der Waals surface area (Å²) in [6.07, 6.45) is 1.59. The van der Waals surface area contributed by atoms with Crippen molar-refractivity contribution < 1.29 is 0 Å². The van der Waals surface area contributed by atoms with E-state index in [0.29, 0.717) is 17.6 Å². The zero-order chi connectivity index (χ0) is 20.2. The first-order valence-electron chi connectivity index (χ1n) is 9.63. The standard InChI is InChI=1S/C22H24N6O/c23-11-19(16-6-7-17-18(10-16)20(12-24)26-27-22(17)29)21-14-28(9-8-25-21)13-15-4-2-1-3-5-15/h1-7,10-11H,8-9,12-14,23-24H2,(H,27,29)/b19-11-. The molecular formula is C22H24N6O. The number of hydrogen-bond acceptors (Lipinski definition) is 6. The lowest BCUT2D eigenvalue weighted by Crippen LogP contribution is -2.36. The normalized spacial score (nSPS) is 15.5. The van der Waals surface area contributed by atoms with Crippen LogP contribution in [0.2, 0.25) is 0 Å². The Labute approximate surface area is 168 Å². The Morgan fingerprint density at radius 1 is 1.17 bits per heavy atom. The second-order valence-electron chi connectivity index (χ2n) is 7.07. The van der Waals surface area contributed by atoms with Crippen LogP contribution in [0.15, 0.2) is 64.5 Å². The summed E-state index contributed by atoms with van der Waals surface area (Å²) < 4.78 is 0. The number of nitrogens with two attached hydrogens (primary N) is 2. The van der Waals surface area contributed by atoms with E-state index in [9.17, 15) is 4.79 Å². The molecule has 4 rings (SSSR count). The van der Waals surface area contributed by atoms with Gasteiger partial charge in [0.15, 0.2) is 0 Å². The van der Waals surface area contributed by atoms with Crippen LogP contribution in [0.3, 0.4) is 0 Å². The Balaban J connectivity index is 1.63. The number of rotatable bonds is 5. The molecular weight excluding hydrogens is 364 g/mol. The van der Waals surface area contributed by atoms with Gasteiger partial charge in [-0.15, -0.1) is 0 Å². The second-order valence-corrected chi connectivity index (χ2v) is 7.07. The van der Waals surface area contributed by atoms with Crippen molar-refractivity contribution in [3.05, 3.63) is 81.9 Å². The summed E-state index contributed by atoms with van der Waals surface area (Å²) in [6.45, 7) is 3.45. The molecule has 0 atom stereocenters. The molecule has 0 radical (unpaired) electrons. The highest BCUT2D eigenvalue weighted by Crippen LogP contribution is 2.23. The van der Waals surface area contributed by atoms with Crippen LogP contribution in [0.5, 0.6) is 0 Å². The van der Waals surface area contributed by atoms with Gasteiger partial charge in [0.05, 0.1) is 23.3 Å². The van der Waals surface area contributed by atoms with Gasteiger partial charge in [0.2, 0.25) is 0 Å². The van der Waals surface area contributed by atoms with Crippen LogP contribution in [0.4, 0.5) is 0 Å². The molecule has 0 amide bonds. The molecule has 2 heterocycles. The highest BCUT2D eigenvalue weighted by Gasteiger charge is 2.19. The van der Waals surface area contributed by atoms with Crippen LogP contribution in [0.1, 0.15) is 16.8 Å². The summed E-state index contributed by atoms with van der Waals surface area (Å²) in [5.74, 6) is 0. The number of aromatic nitrogens is 2. The fourth-order valence-electron chi connectivity index (χ4n) is 3.72. The van der Waals surface area contributed by atoms with E-state index < -0.39 is 0 Å². The smallest absolute Gasteiger partial charge is 0.272 e. The third-order valence-corrected chi connectivity index (χ3v) is 5.19. The quantitative estimate of drug-likeness (QED) is 0.615. The van der Waals surface area contributed by atoms with Gasteiger partial charge in [-0.3, -0.25) is 14.7 Å². The predicted octanol–water partition coefficient (Wildman–Crippen LogP) is 1.64. The average Bonchev–Trinajstić information content (AvgIpc) is 2.76. The summed E-state index contributed by atoms with van der Waals surface area (Å²) in [5.41, 5.74) is 16.2. The summed E-state index contributed by atoms with van der Waals surface area (Å²) >= 11 is 0. The van der Waals surface area contributed by atoms with E-state index in [4.69, 9.17) is 16.5 Å². The zero-order valence-corrected chi connectivity index (χ0v) is 16.1. The van der Waals surface area contributed by atoms with Gasteiger partial charge in [-0.05, 0) is 23.3 Å². The van der Waals surface area contributed by atoms with E-state index in [-0.39, 0.29) is 12.1 Å². The van der Waals surface area contributed by atoms with Gasteiger partial charge in [-0.2, -0.15) is 5.10 Å². The first-order chi connectivity index (χ1) is 14.2. The van der Waals surface area contributed by atoms with Gasteiger partial charge >= 0.3 is 0 Å². The Morgan fingerprint density at radius 2 is 2.00 bits per heavy atom. The van der Waals surface area contributed by atoms with Crippen LogP contribution < -0.4 is 17.0 Å². The fraction of sp³-hybridized carbons (Fsp3) is 0.227. The number of aromatic amines is 1. The number of fused-ring (bicyclic) bond motifs is 1. The molecule has 3 aromatic rings. The molecule has 0 saturated carbocycles. The van der Waals surface area contributed by atoms with Gasteiger partial charge in [-0.25, -0.2) is 5.10 Å². The van der Waals surface area contributed by atoms with Crippen molar-refractivity contribution in [2.75, 3.05) is 19.6 Å². The molecule has 1 aliphatic heterocycles. The first-order valence-corrected chi connectivity index (χ1v) is 9.63. The minimum Gasteiger partial charge on any atom is -0.404 e. The van der Waals surface area contributed by atoms with E-state index in [2.05, 4.69) is 39.4 Å². The van der Waals surface area contributed by atoms with Crippen LogP contribution in [0.25, 0.3) is 16.3 Å². The second kappa shape index (κ2) is 8.38. The van der Waals surface area contributed by atoms with Crippen LogP contribution in [0, 0.1) is 0 Å². The molecule has 29 heavy (non-hydrogen) atoms. The van der Waals surface area contributed by atoms with Crippen molar-refractivity contribution in [2.24, 2.45) is 16.5 Å². The highest BCUT2D eigenvalue weighted by atomic mass is 16.1. The van der Waals surface area contributed by atoms with Crippen molar-refractivity contribution in [3.8, 4) is 0 Å². The van der Waals surface area contributed by atoms with Gasteiger partial charge in [0.25, 0.3) is 5.56 Å². The third kappa shape index (κ3) is 3.96. The lowest BCUT2D eigenvalue weighted by Gasteiger charge is -2.27. The summed E-state index contributed by atoms with van der Waals surface area (Å²) in [6, 6.07) is 16.0. The van der Waals surface area contributed by atoms with Gasteiger partial charge in [0.1, 0.15) is 0 Å². The van der Waals surface area contributed by atoms with Crippen molar-refractivity contribution in [2.45, 2.75) is 13.1 Å². The molecule has 5 N–H and O–H groups in total. The highest BCUT2D eigenvalue weighted by molar-refractivity contribution is 6.25. The number of hydrogen-bond donors (Lipinski definition) is 3. The molecule has 0 fully saturated rings. The number of benzene rings is 2. The van der Waals surface area contributed by atoms with Crippen molar-refractivity contribution in [1.29, 1.82) is 0 Å². The molecule has 1 aromatic heterocycles. The van der Waals surface area contributed by atoms with Gasteiger partial charge < -0.3 is 11.5 Å². The molecule has 0 saturated heterocycles. The molecule has 148 valence electrons. The summed E-state index contributed by atoms with van der Waals surface area (Å²) in [7, 11) is 0. The Morgan fingerprint density at radius 3 is 2.76 bits per heavy atom. The third-order valence-electron chi connectivity index (χ3n) is 5.19. The van der Waals surface area contributed by atoms with E-state index in [0.717, 1.165) is 41.9 Å². The summed E-state index contributed by atoms with van der Waals surface area (Å²) in [4.78, 5) is 19.2. The molecule has 0 unspecified atom stereocenters. The Kier molecular flexibility index (Phi) is 5.50. The van der Waals surface area contributed by atoms with E-state index in [1.807, 2.05) is 18.2 Å². The Hall–Kier alpha value is -3.29. The minimum atomic E-state index is -0.230. The molecule has 0 spiro atoms. The van der Waals surface area contributed by atoms with E-state index in [1.165, 1.54) is 5.56 Å². The average molecular weight is 388 g/mol. The van der Waals surface area contributed by atoms with E-state index >= 15 is 0 Å². The zero-order valence-electron chi connectivity index (χ0n) is 16.1. The predicted molar refractivity (Wildman–Crippen MR) is 116 cm³/mol. The van der Waals surface area contributed by atoms with Gasteiger partial charge in [0, 0.05) is 43.3 Å². The number of H-pyrrole nitrogens is 1. The molecule has 2 aromatic carbocycles. The monoisotopic (exact) mass is 388 g/mol. The van der Waals surface area contributed by atoms with Crippen molar-refractivity contribution >= 4 is 22.1 Å². The lowest BCUT2D eigenvalue weighted by molar-refractivity contribution is 0.303. The number of aliphatic imine (C=N–C) groups is 1. The molecule has 7 heteroatoms. The largest absolute Gasteiger partial charge is 0.404 e. The number of nitrogens with zero attached hydrogens (tertiary/aromatic N) is 3. The summed E-state index contributed by atoms with van der Waals surface area (Å²) in [5, 5.41) is 7.87. The first kappa shape index (κ1) is 19.0. The maximum absolute atomic E-state index is 12.1. The van der Waals surface area contributed by atoms with Gasteiger partial charge in [-0.1, -0.05) is 36.4 Å². The fourth-order valence-corrected chi connectivity index (χ4v) is 3.72. The van der Waals surface area contributed by atoms with Crippen molar-refractivity contribution in [3.63, 3.8) is 0 Å². The topological polar surface area (TPSA) is 113 Å². The lowest BCUT2D eigenvalue weighted by atomic mass is 9.97. The molecule has 0 aliphatic carbocycles. The van der Waals surface area contributed by atoms with Crippen LogP contribution >= 0.6 is 0 Å². The minimum absolute atomic E-state index is 0.230. The van der Waals surface area contributed by atoms with Crippen LogP contribution in [-0.2, 0) is 13.1 Å². The molecule has 7 nitrogen and oxygen atoms in total. The maximum Gasteiger partial charge on any atom is 0.272 e. The molecule has 0 bridgehead atoms. The maximum atomic E-state index is 12.1. The Bertz CT molecular complexity index is 1130. The SMILES string of the molecule is N/C=C(\C1=NCCN(Cc2ccccc2)C1)c1ccc2c(=O)[nH]nc(CN)c2c1. The number of nitrogens with one attached hydrogen (secondary N) is 1.